The van der Waals surface area contributed by atoms with Crippen LogP contribution in [0, 0.1) is 5.92 Å². The number of hydrogen-bond donors (Lipinski definition) is 0. The van der Waals surface area contributed by atoms with Gasteiger partial charge in [0.15, 0.2) is 5.65 Å². The number of hydrogen-bond acceptors (Lipinski definition) is 6. The first-order chi connectivity index (χ1) is 17.0. The lowest BCUT2D eigenvalue weighted by molar-refractivity contribution is -0.144. The van der Waals surface area contributed by atoms with Gasteiger partial charge in [-0.15, -0.1) is 0 Å². The normalized spacial score (nSPS) is 18.0. The summed E-state index contributed by atoms with van der Waals surface area (Å²) in [7, 11) is 4.06. The van der Waals surface area contributed by atoms with Crippen LogP contribution < -0.4 is 4.90 Å². The number of carbonyl (C=O) groups is 1. The highest BCUT2D eigenvalue weighted by Crippen LogP contribution is 2.38. The smallest absolute Gasteiger partial charge is 0.306 e. The molecule has 1 aliphatic carbocycles. The van der Waals surface area contributed by atoms with Gasteiger partial charge in [0.25, 0.3) is 0 Å². The molecule has 1 saturated carbocycles. The number of rotatable bonds is 7. The number of carbonyl (C=O) groups excluding carboxylic acids is 1. The van der Waals surface area contributed by atoms with Crippen LogP contribution in [0.25, 0.3) is 22.5 Å². The SMILES string of the molecule is CCOC(=O)CC1CCC(c2cc(N(C)C)n3ncc(-c4cnn(-c5ccccc5)c4)c3n2)CC1. The summed E-state index contributed by atoms with van der Waals surface area (Å²) in [6.45, 7) is 2.31. The van der Waals surface area contributed by atoms with Gasteiger partial charge in [-0.1, -0.05) is 18.2 Å². The minimum absolute atomic E-state index is 0.0784. The maximum Gasteiger partial charge on any atom is 0.306 e. The molecule has 1 aromatic carbocycles. The lowest BCUT2D eigenvalue weighted by Crippen LogP contribution is -2.20. The molecule has 0 unspecified atom stereocenters. The summed E-state index contributed by atoms with van der Waals surface area (Å²) in [5.41, 5.74) is 4.89. The van der Waals surface area contributed by atoms with Crippen molar-refractivity contribution >= 4 is 17.4 Å². The number of fused-ring (bicyclic) bond motifs is 1. The molecule has 0 saturated heterocycles. The topological polar surface area (TPSA) is 77.5 Å². The molecule has 3 heterocycles. The molecular formula is C27H32N6O2. The van der Waals surface area contributed by atoms with Gasteiger partial charge in [-0.25, -0.2) is 9.67 Å². The van der Waals surface area contributed by atoms with Crippen molar-refractivity contribution in [1.29, 1.82) is 0 Å². The zero-order valence-corrected chi connectivity index (χ0v) is 20.6. The highest BCUT2D eigenvalue weighted by atomic mass is 16.5. The van der Waals surface area contributed by atoms with Crippen LogP contribution in [-0.2, 0) is 9.53 Å². The van der Waals surface area contributed by atoms with Crippen LogP contribution in [0.2, 0.25) is 0 Å². The van der Waals surface area contributed by atoms with E-state index in [1.807, 2.05) is 79.1 Å². The molecule has 3 aromatic heterocycles. The summed E-state index contributed by atoms with van der Waals surface area (Å²) in [6.07, 6.45) is 10.4. The summed E-state index contributed by atoms with van der Waals surface area (Å²) < 4.78 is 8.93. The zero-order valence-electron chi connectivity index (χ0n) is 20.6. The van der Waals surface area contributed by atoms with Gasteiger partial charge in [0.1, 0.15) is 5.82 Å². The van der Waals surface area contributed by atoms with E-state index in [9.17, 15) is 4.79 Å². The predicted octanol–water partition coefficient (Wildman–Crippen LogP) is 4.88. The molecule has 0 aliphatic heterocycles. The first-order valence-electron chi connectivity index (χ1n) is 12.4. The molecule has 0 radical (unpaired) electrons. The fourth-order valence-electron chi connectivity index (χ4n) is 5.00. The average Bonchev–Trinajstić information content (AvgIpc) is 3.52. The molecule has 5 rings (SSSR count). The maximum absolute atomic E-state index is 11.9. The van der Waals surface area contributed by atoms with Crippen molar-refractivity contribution in [3.8, 4) is 16.8 Å². The second-order valence-electron chi connectivity index (χ2n) is 9.46. The van der Waals surface area contributed by atoms with Crippen LogP contribution in [0.15, 0.2) is 55.0 Å². The predicted molar refractivity (Wildman–Crippen MR) is 136 cm³/mol. The highest BCUT2D eigenvalue weighted by Gasteiger charge is 2.27. The van der Waals surface area contributed by atoms with Crippen LogP contribution in [0.1, 0.15) is 50.6 Å². The lowest BCUT2D eigenvalue weighted by Gasteiger charge is -2.28. The molecule has 1 aliphatic rings. The third-order valence-corrected chi connectivity index (χ3v) is 6.87. The molecule has 0 amide bonds. The van der Waals surface area contributed by atoms with Gasteiger partial charge in [0.05, 0.1) is 24.7 Å². The Kier molecular flexibility index (Phi) is 6.53. The molecule has 0 spiro atoms. The molecule has 182 valence electrons. The third-order valence-electron chi connectivity index (χ3n) is 6.87. The van der Waals surface area contributed by atoms with Crippen molar-refractivity contribution in [2.24, 2.45) is 5.92 Å². The van der Waals surface area contributed by atoms with Crippen LogP contribution in [0.4, 0.5) is 5.82 Å². The van der Waals surface area contributed by atoms with Crippen molar-refractivity contribution in [2.45, 2.75) is 44.9 Å². The second-order valence-corrected chi connectivity index (χ2v) is 9.46. The van der Waals surface area contributed by atoms with Gasteiger partial charge in [-0.05, 0) is 50.7 Å². The molecule has 0 N–H and O–H groups in total. The molecule has 0 atom stereocenters. The van der Waals surface area contributed by atoms with Crippen molar-refractivity contribution < 1.29 is 9.53 Å². The second kappa shape index (κ2) is 9.90. The standard InChI is InChI=1S/C27H32N6O2/c1-4-35-26(34)14-19-10-12-20(13-11-19)24-15-25(31(2)3)33-27(30-24)23(17-29-33)21-16-28-32(18-21)22-8-6-5-7-9-22/h5-9,15-20H,4,10-14H2,1-3H3. The van der Waals surface area contributed by atoms with E-state index < -0.39 is 0 Å². The Morgan fingerprint density at radius 1 is 1.09 bits per heavy atom. The minimum Gasteiger partial charge on any atom is -0.466 e. The summed E-state index contributed by atoms with van der Waals surface area (Å²) in [6, 6.07) is 12.2. The van der Waals surface area contributed by atoms with E-state index in [2.05, 4.69) is 21.2 Å². The van der Waals surface area contributed by atoms with E-state index in [4.69, 9.17) is 9.72 Å². The number of aromatic nitrogens is 5. The van der Waals surface area contributed by atoms with Gasteiger partial charge in [0, 0.05) is 55.5 Å². The molecular weight excluding hydrogens is 440 g/mol. The van der Waals surface area contributed by atoms with Gasteiger partial charge in [-0.2, -0.15) is 14.7 Å². The first-order valence-corrected chi connectivity index (χ1v) is 12.4. The Labute approximate surface area is 205 Å². The van der Waals surface area contributed by atoms with E-state index >= 15 is 0 Å². The number of ether oxygens (including phenoxy) is 1. The molecule has 1 fully saturated rings. The van der Waals surface area contributed by atoms with Gasteiger partial charge >= 0.3 is 5.97 Å². The van der Waals surface area contributed by atoms with E-state index in [1.165, 1.54) is 0 Å². The van der Waals surface area contributed by atoms with Crippen LogP contribution >= 0.6 is 0 Å². The quantitative estimate of drug-likeness (QED) is 0.357. The zero-order chi connectivity index (χ0) is 24.4. The van der Waals surface area contributed by atoms with Crippen LogP contribution in [-0.4, -0.2) is 51.1 Å². The van der Waals surface area contributed by atoms with Crippen molar-refractivity contribution in [3.05, 3.63) is 60.7 Å². The molecule has 8 heteroatoms. The van der Waals surface area contributed by atoms with Crippen molar-refractivity contribution in [1.82, 2.24) is 24.4 Å². The maximum atomic E-state index is 11.9. The fourth-order valence-corrected chi connectivity index (χ4v) is 5.00. The Bertz CT molecular complexity index is 1300. The summed E-state index contributed by atoms with van der Waals surface area (Å²) in [5.74, 6) is 1.69. The Morgan fingerprint density at radius 3 is 2.57 bits per heavy atom. The minimum atomic E-state index is -0.0784. The Morgan fingerprint density at radius 2 is 1.86 bits per heavy atom. The van der Waals surface area contributed by atoms with Gasteiger partial charge in [-0.3, -0.25) is 4.79 Å². The molecule has 4 aromatic rings. The Balaban J connectivity index is 1.43. The third kappa shape index (κ3) is 4.78. The van der Waals surface area contributed by atoms with Gasteiger partial charge < -0.3 is 9.64 Å². The highest BCUT2D eigenvalue weighted by molar-refractivity contribution is 5.78. The van der Waals surface area contributed by atoms with Crippen LogP contribution in [0.3, 0.4) is 0 Å². The van der Waals surface area contributed by atoms with Crippen molar-refractivity contribution in [3.63, 3.8) is 0 Å². The molecule has 8 nitrogen and oxygen atoms in total. The number of para-hydroxylation sites is 1. The first kappa shape index (κ1) is 23.1. The van der Waals surface area contributed by atoms with E-state index in [1.54, 1.807) is 0 Å². The number of benzene rings is 1. The van der Waals surface area contributed by atoms with E-state index in [0.29, 0.717) is 24.9 Å². The summed E-state index contributed by atoms with van der Waals surface area (Å²) >= 11 is 0. The monoisotopic (exact) mass is 472 g/mol. The average molecular weight is 473 g/mol. The Hall–Kier alpha value is -3.68. The fraction of sp³-hybridized carbons (Fsp3) is 0.407. The molecule has 35 heavy (non-hydrogen) atoms. The number of anilines is 1. The van der Waals surface area contributed by atoms with Crippen LogP contribution in [0.5, 0.6) is 0 Å². The number of nitrogens with zero attached hydrogens (tertiary/aromatic N) is 6. The van der Waals surface area contributed by atoms with E-state index in [0.717, 1.165) is 59.7 Å². The van der Waals surface area contributed by atoms with E-state index in [-0.39, 0.29) is 5.97 Å². The molecule has 0 bridgehead atoms. The summed E-state index contributed by atoms with van der Waals surface area (Å²) in [5, 5.41) is 9.24. The lowest BCUT2D eigenvalue weighted by atomic mass is 9.79. The largest absolute Gasteiger partial charge is 0.466 e. The summed E-state index contributed by atoms with van der Waals surface area (Å²) in [4.78, 5) is 19.1. The van der Waals surface area contributed by atoms with Crippen molar-refractivity contribution in [2.75, 3.05) is 25.6 Å². The van der Waals surface area contributed by atoms with Gasteiger partial charge in [0.2, 0.25) is 0 Å². The number of esters is 1.